The van der Waals surface area contributed by atoms with Crippen LogP contribution in [0.4, 0.5) is 0 Å². The normalized spacial score (nSPS) is 19.0. The van der Waals surface area contributed by atoms with Crippen molar-refractivity contribution in [1.29, 1.82) is 0 Å². The van der Waals surface area contributed by atoms with Gasteiger partial charge in [0.1, 0.15) is 0 Å². The number of ether oxygens (including phenoxy) is 2. The number of nitrogens with zero attached hydrogens (tertiary/aromatic N) is 1. The molecule has 1 N–H and O–H groups in total. The Morgan fingerprint density at radius 3 is 2.90 bits per heavy atom. The Labute approximate surface area is 121 Å². The van der Waals surface area contributed by atoms with Gasteiger partial charge >= 0.3 is 0 Å². The third kappa shape index (κ3) is 3.47. The lowest BCUT2D eigenvalue weighted by Gasteiger charge is -2.09. The van der Waals surface area contributed by atoms with Crippen molar-refractivity contribution in [2.45, 2.75) is 36.5 Å². The van der Waals surface area contributed by atoms with Crippen LogP contribution in [0.15, 0.2) is 4.21 Å². The third-order valence-electron chi connectivity index (χ3n) is 2.84. The smallest absolute Gasteiger partial charge is 0.275 e. The Hall–Kier alpha value is -1.19. The van der Waals surface area contributed by atoms with Crippen LogP contribution in [0.1, 0.15) is 25.0 Å². The van der Waals surface area contributed by atoms with Gasteiger partial charge in [-0.2, -0.15) is 0 Å². The molecule has 7 nitrogen and oxygen atoms in total. The molecular weight excluding hydrogens is 304 g/mol. The maximum Gasteiger partial charge on any atom is 0.275 e. The molecule has 2 heterocycles. The van der Waals surface area contributed by atoms with Gasteiger partial charge in [-0.1, -0.05) is 11.3 Å². The van der Waals surface area contributed by atoms with Crippen LogP contribution in [0, 0.1) is 6.92 Å². The topological polar surface area (TPSA) is 94.6 Å². The quantitative estimate of drug-likeness (QED) is 0.863. The zero-order valence-corrected chi connectivity index (χ0v) is 12.8. The van der Waals surface area contributed by atoms with Gasteiger partial charge in [-0.15, -0.1) is 0 Å². The van der Waals surface area contributed by atoms with Gasteiger partial charge in [0.2, 0.25) is 5.91 Å². The van der Waals surface area contributed by atoms with Crippen LogP contribution in [0.5, 0.6) is 5.19 Å². The molecule has 1 aliphatic heterocycles. The van der Waals surface area contributed by atoms with E-state index in [-0.39, 0.29) is 21.9 Å². The predicted octanol–water partition coefficient (Wildman–Crippen LogP) is 0.834. The number of sulfonamides is 1. The molecule has 1 aliphatic rings. The molecule has 0 bridgehead atoms. The van der Waals surface area contributed by atoms with Crippen LogP contribution in [0.3, 0.4) is 0 Å². The molecule has 20 heavy (non-hydrogen) atoms. The lowest BCUT2D eigenvalue weighted by Crippen LogP contribution is -2.32. The molecule has 2 rings (SSSR count). The fourth-order valence-electron chi connectivity index (χ4n) is 1.95. The summed E-state index contributed by atoms with van der Waals surface area (Å²) in [5.74, 6) is -0.566. The van der Waals surface area contributed by atoms with Crippen LogP contribution in [0.25, 0.3) is 0 Å². The van der Waals surface area contributed by atoms with Crippen molar-refractivity contribution in [1.82, 2.24) is 9.71 Å². The summed E-state index contributed by atoms with van der Waals surface area (Å²) < 4.78 is 36.5. The zero-order chi connectivity index (χ0) is 14.8. The summed E-state index contributed by atoms with van der Waals surface area (Å²) in [6.45, 7) is 2.17. The molecule has 0 radical (unpaired) electrons. The fourth-order valence-corrected chi connectivity index (χ4v) is 4.25. The molecule has 0 saturated carbocycles. The van der Waals surface area contributed by atoms with Crippen molar-refractivity contribution in [2.75, 3.05) is 13.7 Å². The number of aryl methyl sites for hydroxylation is 1. The highest BCUT2D eigenvalue weighted by Crippen LogP contribution is 2.28. The van der Waals surface area contributed by atoms with Crippen LogP contribution < -0.4 is 9.46 Å². The molecule has 1 fully saturated rings. The Kier molecular flexibility index (Phi) is 4.61. The Morgan fingerprint density at radius 2 is 2.35 bits per heavy atom. The zero-order valence-electron chi connectivity index (χ0n) is 11.2. The van der Waals surface area contributed by atoms with Gasteiger partial charge in [0.05, 0.1) is 25.3 Å². The first-order valence-electron chi connectivity index (χ1n) is 6.11. The third-order valence-corrected chi connectivity index (χ3v) is 5.94. The summed E-state index contributed by atoms with van der Waals surface area (Å²) in [5.41, 5.74) is 0.310. The fraction of sp³-hybridized carbons (Fsp3) is 0.636. The van der Waals surface area contributed by atoms with Crippen molar-refractivity contribution in [3.8, 4) is 5.19 Å². The highest BCUT2D eigenvalue weighted by atomic mass is 32.2. The molecule has 1 unspecified atom stereocenters. The minimum Gasteiger partial charge on any atom is -0.473 e. The SMILES string of the molecule is COc1nc(C)c(S(=O)(=O)NC(=O)CC2CCCO2)s1. The van der Waals surface area contributed by atoms with Crippen molar-refractivity contribution in [2.24, 2.45) is 0 Å². The molecular formula is C11H16N2O5S2. The maximum atomic E-state index is 12.1. The molecule has 0 spiro atoms. The summed E-state index contributed by atoms with van der Waals surface area (Å²) >= 11 is 0.884. The monoisotopic (exact) mass is 320 g/mol. The number of aromatic nitrogens is 1. The lowest BCUT2D eigenvalue weighted by atomic mass is 10.2. The first-order valence-corrected chi connectivity index (χ1v) is 8.41. The van der Waals surface area contributed by atoms with Crippen LogP contribution >= 0.6 is 11.3 Å². The van der Waals surface area contributed by atoms with Gasteiger partial charge in [0, 0.05) is 6.61 Å². The van der Waals surface area contributed by atoms with Gasteiger partial charge in [0.15, 0.2) is 4.21 Å². The van der Waals surface area contributed by atoms with E-state index in [2.05, 4.69) is 4.98 Å². The van der Waals surface area contributed by atoms with Gasteiger partial charge < -0.3 is 9.47 Å². The van der Waals surface area contributed by atoms with Crippen molar-refractivity contribution < 1.29 is 22.7 Å². The summed E-state index contributed by atoms with van der Waals surface area (Å²) in [7, 11) is -2.49. The number of thiazole rings is 1. The molecule has 1 saturated heterocycles. The summed E-state index contributed by atoms with van der Waals surface area (Å²) in [6, 6.07) is 0. The molecule has 112 valence electrons. The number of hydrogen-bond donors (Lipinski definition) is 1. The number of methoxy groups -OCH3 is 1. The number of hydrogen-bond acceptors (Lipinski definition) is 7. The second kappa shape index (κ2) is 6.06. The molecule has 1 amide bonds. The second-order valence-electron chi connectivity index (χ2n) is 4.42. The minimum absolute atomic E-state index is 0.00459. The minimum atomic E-state index is -3.90. The van der Waals surface area contributed by atoms with E-state index in [1.165, 1.54) is 7.11 Å². The van der Waals surface area contributed by atoms with E-state index in [1.807, 2.05) is 4.72 Å². The first kappa shape index (κ1) is 15.2. The number of carbonyl (C=O) groups excluding carboxylic acids is 1. The van der Waals surface area contributed by atoms with E-state index in [1.54, 1.807) is 6.92 Å². The highest BCUT2D eigenvalue weighted by Gasteiger charge is 2.26. The summed E-state index contributed by atoms with van der Waals surface area (Å²) in [6.07, 6.45) is 1.53. The van der Waals surface area contributed by atoms with Gasteiger partial charge in [0.25, 0.3) is 15.2 Å². The van der Waals surface area contributed by atoms with Crippen molar-refractivity contribution in [3.63, 3.8) is 0 Å². The van der Waals surface area contributed by atoms with Gasteiger partial charge in [-0.05, 0) is 19.8 Å². The predicted molar refractivity (Wildman–Crippen MR) is 72.3 cm³/mol. The highest BCUT2D eigenvalue weighted by molar-refractivity contribution is 7.92. The molecule has 9 heteroatoms. The molecule has 1 atom stereocenters. The first-order chi connectivity index (χ1) is 9.42. The summed E-state index contributed by atoms with van der Waals surface area (Å²) in [4.78, 5) is 15.7. The molecule has 1 aromatic heterocycles. The van der Waals surface area contributed by atoms with Crippen LogP contribution in [-0.2, 0) is 19.6 Å². The average Bonchev–Trinajstić information content (AvgIpc) is 2.97. The average molecular weight is 320 g/mol. The van der Waals surface area contributed by atoms with E-state index in [0.717, 1.165) is 24.2 Å². The van der Waals surface area contributed by atoms with E-state index in [9.17, 15) is 13.2 Å². The number of amides is 1. The summed E-state index contributed by atoms with van der Waals surface area (Å²) in [5, 5.41) is 0.245. The van der Waals surface area contributed by atoms with Crippen LogP contribution in [0.2, 0.25) is 0 Å². The Morgan fingerprint density at radius 1 is 1.60 bits per heavy atom. The lowest BCUT2D eigenvalue weighted by molar-refractivity contribution is -0.121. The van der Waals surface area contributed by atoms with E-state index >= 15 is 0 Å². The number of nitrogens with one attached hydrogen (secondary N) is 1. The largest absolute Gasteiger partial charge is 0.473 e. The van der Waals surface area contributed by atoms with Crippen molar-refractivity contribution >= 4 is 27.3 Å². The van der Waals surface area contributed by atoms with E-state index < -0.39 is 15.9 Å². The standard InChI is InChI=1S/C11H16N2O5S2/c1-7-10(19-11(12-7)17-2)20(15,16)13-9(14)6-8-4-3-5-18-8/h8H,3-6H2,1-2H3,(H,13,14). The van der Waals surface area contributed by atoms with Gasteiger partial charge in [-0.3, -0.25) is 4.79 Å². The van der Waals surface area contributed by atoms with E-state index in [4.69, 9.17) is 9.47 Å². The van der Waals surface area contributed by atoms with Gasteiger partial charge in [-0.25, -0.2) is 18.1 Å². The Balaban J connectivity index is 2.05. The molecule has 1 aromatic rings. The maximum absolute atomic E-state index is 12.1. The second-order valence-corrected chi connectivity index (χ2v) is 7.26. The molecule has 0 aromatic carbocycles. The Bertz CT molecular complexity index is 590. The number of rotatable bonds is 5. The van der Waals surface area contributed by atoms with E-state index in [0.29, 0.717) is 12.3 Å². The van der Waals surface area contributed by atoms with Crippen molar-refractivity contribution in [3.05, 3.63) is 5.69 Å². The molecule has 0 aliphatic carbocycles. The number of carbonyl (C=O) groups is 1. The van der Waals surface area contributed by atoms with Crippen LogP contribution in [-0.4, -0.2) is 39.1 Å².